The van der Waals surface area contributed by atoms with Gasteiger partial charge in [0.15, 0.2) is 0 Å². The number of rotatable bonds is 7. The lowest BCUT2D eigenvalue weighted by atomic mass is 10.0. The van der Waals surface area contributed by atoms with E-state index in [0.29, 0.717) is 30.8 Å². The summed E-state index contributed by atoms with van der Waals surface area (Å²) in [5.74, 6) is -0.227. The van der Waals surface area contributed by atoms with Crippen LogP contribution in [0, 0.1) is 5.41 Å². The SMILES string of the molecule is CC(=N)CNC(=O)c1cncc(Cc2ccc(CN3CCNC3=O)cc2)c1.CN. The Kier molecular flexibility index (Phi) is 8.29. The number of carbonyl (C=O) groups is 2. The molecule has 2 heterocycles. The zero-order valence-electron chi connectivity index (χ0n) is 16.9. The van der Waals surface area contributed by atoms with Crippen molar-refractivity contribution in [3.63, 3.8) is 0 Å². The van der Waals surface area contributed by atoms with Crippen molar-refractivity contribution >= 4 is 17.6 Å². The minimum Gasteiger partial charge on any atom is -0.347 e. The highest BCUT2D eigenvalue weighted by molar-refractivity contribution is 5.96. The molecule has 0 aliphatic carbocycles. The maximum atomic E-state index is 12.1. The van der Waals surface area contributed by atoms with Crippen LogP contribution in [0.5, 0.6) is 0 Å². The van der Waals surface area contributed by atoms with Crippen LogP contribution < -0.4 is 16.4 Å². The number of nitrogens with one attached hydrogen (secondary N) is 3. The third kappa shape index (κ3) is 6.69. The fourth-order valence-electron chi connectivity index (χ4n) is 2.90. The van der Waals surface area contributed by atoms with E-state index < -0.39 is 0 Å². The molecule has 0 radical (unpaired) electrons. The lowest BCUT2D eigenvalue weighted by molar-refractivity contribution is 0.0958. The molecular weight excluding hydrogens is 368 g/mol. The highest BCUT2D eigenvalue weighted by atomic mass is 16.2. The van der Waals surface area contributed by atoms with Crippen LogP contribution in [0.15, 0.2) is 42.7 Å². The number of hydrogen-bond donors (Lipinski definition) is 4. The van der Waals surface area contributed by atoms with Gasteiger partial charge in [0, 0.05) is 37.7 Å². The molecule has 1 fully saturated rings. The first-order valence-electron chi connectivity index (χ1n) is 9.46. The summed E-state index contributed by atoms with van der Waals surface area (Å²) in [7, 11) is 1.50. The van der Waals surface area contributed by atoms with E-state index in [0.717, 1.165) is 23.2 Å². The third-order valence-corrected chi connectivity index (χ3v) is 4.32. The first kappa shape index (κ1) is 22.0. The van der Waals surface area contributed by atoms with Crippen molar-refractivity contribution < 1.29 is 9.59 Å². The first-order valence-corrected chi connectivity index (χ1v) is 9.46. The Morgan fingerprint density at radius 1 is 1.21 bits per heavy atom. The van der Waals surface area contributed by atoms with E-state index >= 15 is 0 Å². The van der Waals surface area contributed by atoms with Gasteiger partial charge in [-0.25, -0.2) is 4.79 Å². The van der Waals surface area contributed by atoms with Crippen molar-refractivity contribution in [3.05, 3.63) is 65.0 Å². The normalized spacial score (nSPS) is 12.7. The van der Waals surface area contributed by atoms with Crippen LogP contribution in [-0.2, 0) is 13.0 Å². The topological polar surface area (TPSA) is 124 Å². The summed E-state index contributed by atoms with van der Waals surface area (Å²) in [4.78, 5) is 29.7. The van der Waals surface area contributed by atoms with Gasteiger partial charge in [0.05, 0.1) is 12.1 Å². The van der Waals surface area contributed by atoms with E-state index in [1.165, 1.54) is 13.2 Å². The maximum absolute atomic E-state index is 12.1. The Labute approximate surface area is 171 Å². The minimum atomic E-state index is -0.227. The number of amides is 3. The number of hydrogen-bond acceptors (Lipinski definition) is 5. The quantitative estimate of drug-likeness (QED) is 0.530. The molecule has 3 rings (SSSR count). The molecule has 3 amide bonds. The highest BCUT2D eigenvalue weighted by Gasteiger charge is 2.19. The van der Waals surface area contributed by atoms with Crippen molar-refractivity contribution in [1.29, 1.82) is 5.41 Å². The highest BCUT2D eigenvalue weighted by Crippen LogP contribution is 2.14. The van der Waals surface area contributed by atoms with Crippen LogP contribution in [-0.4, -0.2) is 54.2 Å². The molecule has 5 N–H and O–H groups in total. The smallest absolute Gasteiger partial charge is 0.317 e. The Hall–Kier alpha value is -3.26. The second-order valence-corrected chi connectivity index (χ2v) is 6.69. The van der Waals surface area contributed by atoms with Gasteiger partial charge in [-0.15, -0.1) is 0 Å². The van der Waals surface area contributed by atoms with E-state index in [4.69, 9.17) is 5.41 Å². The third-order valence-electron chi connectivity index (χ3n) is 4.32. The van der Waals surface area contributed by atoms with Crippen molar-refractivity contribution in [1.82, 2.24) is 20.5 Å². The monoisotopic (exact) mass is 396 g/mol. The molecule has 1 saturated heterocycles. The fourth-order valence-corrected chi connectivity index (χ4v) is 2.90. The molecule has 8 nitrogen and oxygen atoms in total. The molecule has 29 heavy (non-hydrogen) atoms. The number of nitrogens with zero attached hydrogens (tertiary/aromatic N) is 2. The van der Waals surface area contributed by atoms with Crippen LogP contribution in [0.1, 0.15) is 34.0 Å². The predicted molar refractivity (Wildman–Crippen MR) is 113 cm³/mol. The van der Waals surface area contributed by atoms with E-state index in [-0.39, 0.29) is 18.5 Å². The van der Waals surface area contributed by atoms with Crippen molar-refractivity contribution in [3.8, 4) is 0 Å². The summed E-state index contributed by atoms with van der Waals surface area (Å²) in [6.45, 7) is 3.93. The van der Waals surface area contributed by atoms with Gasteiger partial charge >= 0.3 is 6.03 Å². The molecule has 0 unspecified atom stereocenters. The lowest BCUT2D eigenvalue weighted by Crippen LogP contribution is -2.28. The molecule has 154 valence electrons. The molecule has 0 atom stereocenters. The minimum absolute atomic E-state index is 0.0153. The predicted octanol–water partition coefficient (Wildman–Crippen LogP) is 1.54. The summed E-state index contributed by atoms with van der Waals surface area (Å²) in [5, 5.41) is 12.9. The van der Waals surface area contributed by atoms with Crippen molar-refractivity contribution in [2.24, 2.45) is 5.73 Å². The molecule has 1 aromatic carbocycles. The zero-order chi connectivity index (χ0) is 21.2. The summed E-state index contributed by atoms with van der Waals surface area (Å²) in [6.07, 6.45) is 3.95. The van der Waals surface area contributed by atoms with Crippen LogP contribution in [0.25, 0.3) is 0 Å². The lowest BCUT2D eigenvalue weighted by Gasteiger charge is -2.14. The second kappa shape index (κ2) is 10.9. The number of benzene rings is 1. The molecule has 8 heteroatoms. The van der Waals surface area contributed by atoms with Crippen LogP contribution in [0.2, 0.25) is 0 Å². The molecule has 1 aromatic heterocycles. The van der Waals surface area contributed by atoms with Crippen LogP contribution in [0.4, 0.5) is 4.79 Å². The van der Waals surface area contributed by atoms with Gasteiger partial charge < -0.3 is 26.7 Å². The van der Waals surface area contributed by atoms with Gasteiger partial charge in [-0.3, -0.25) is 9.78 Å². The van der Waals surface area contributed by atoms with Crippen molar-refractivity contribution in [2.45, 2.75) is 19.9 Å². The van der Waals surface area contributed by atoms with E-state index in [2.05, 4.69) is 21.4 Å². The molecule has 2 aromatic rings. The summed E-state index contributed by atoms with van der Waals surface area (Å²) >= 11 is 0. The largest absolute Gasteiger partial charge is 0.347 e. The average molecular weight is 396 g/mol. The molecule has 0 saturated carbocycles. The van der Waals surface area contributed by atoms with E-state index in [1.54, 1.807) is 18.0 Å². The van der Waals surface area contributed by atoms with Gasteiger partial charge in [0.2, 0.25) is 0 Å². The molecule has 0 bridgehead atoms. The average Bonchev–Trinajstić information content (AvgIpc) is 3.14. The number of aromatic nitrogens is 1. The Bertz CT molecular complexity index is 851. The summed E-state index contributed by atoms with van der Waals surface area (Å²) in [5.41, 5.74) is 8.54. The fraction of sp³-hybridized carbons (Fsp3) is 0.333. The Morgan fingerprint density at radius 3 is 2.52 bits per heavy atom. The standard InChI is InChI=1S/C20H23N5O2.CH5N/c1-14(21)10-24-19(26)18-9-17(11-22-12-18)8-15-2-4-16(5-3-15)13-25-7-6-23-20(25)27;1-2/h2-5,9,11-12,21H,6-8,10,13H2,1H3,(H,23,27)(H,24,26);2H2,1H3. The van der Waals surface area contributed by atoms with Crippen LogP contribution >= 0.6 is 0 Å². The van der Waals surface area contributed by atoms with Crippen molar-refractivity contribution in [2.75, 3.05) is 26.7 Å². The van der Waals surface area contributed by atoms with Gasteiger partial charge in [-0.1, -0.05) is 24.3 Å². The first-order chi connectivity index (χ1) is 14.0. The maximum Gasteiger partial charge on any atom is 0.317 e. The van der Waals surface area contributed by atoms with Gasteiger partial charge in [-0.05, 0) is 43.1 Å². The van der Waals surface area contributed by atoms with Gasteiger partial charge in [0.25, 0.3) is 5.91 Å². The van der Waals surface area contributed by atoms with E-state index in [9.17, 15) is 9.59 Å². The van der Waals surface area contributed by atoms with E-state index in [1.807, 2.05) is 30.3 Å². The molecule has 1 aliphatic heterocycles. The summed E-state index contributed by atoms with van der Waals surface area (Å²) < 4.78 is 0. The number of carbonyl (C=O) groups excluding carboxylic acids is 2. The van der Waals surface area contributed by atoms with Crippen LogP contribution in [0.3, 0.4) is 0 Å². The second-order valence-electron chi connectivity index (χ2n) is 6.69. The Morgan fingerprint density at radius 2 is 1.90 bits per heavy atom. The zero-order valence-corrected chi connectivity index (χ0v) is 16.9. The number of urea groups is 1. The van der Waals surface area contributed by atoms with Gasteiger partial charge in [0.1, 0.15) is 0 Å². The molecule has 1 aliphatic rings. The van der Waals surface area contributed by atoms with Gasteiger partial charge in [-0.2, -0.15) is 0 Å². The number of nitrogens with two attached hydrogens (primary N) is 1. The Balaban J connectivity index is 0.00000145. The molecule has 0 spiro atoms. The summed E-state index contributed by atoms with van der Waals surface area (Å²) in [6, 6.07) is 9.93. The number of pyridine rings is 1. The molecular formula is C21H28N6O2.